The lowest BCUT2D eigenvalue weighted by molar-refractivity contribution is -0.0811. The molecule has 9 heteroatoms. The molecule has 0 saturated carbocycles. The summed E-state index contributed by atoms with van der Waals surface area (Å²) in [4.78, 5) is 26.6. The Morgan fingerprint density at radius 2 is 1.45 bits per heavy atom. The van der Waals surface area contributed by atoms with Gasteiger partial charge in [-0.25, -0.2) is 4.79 Å². The molecule has 1 N–H and O–H groups in total. The zero-order valence-electron chi connectivity index (χ0n) is 21.4. The van der Waals surface area contributed by atoms with E-state index < -0.39 is 45.8 Å². The number of nitrogens with zero attached hydrogens (tertiary/aromatic N) is 1. The smallest absolute Gasteiger partial charge is 0.330 e. The van der Waals surface area contributed by atoms with Gasteiger partial charge in [0.15, 0.2) is 22.9 Å². The summed E-state index contributed by atoms with van der Waals surface area (Å²) in [7, 11) is -4.40. The van der Waals surface area contributed by atoms with E-state index in [1.807, 2.05) is 13.8 Å². The average molecular weight is 471 g/mol. The minimum absolute atomic E-state index is 0.0114. The Labute approximate surface area is 188 Å². The van der Waals surface area contributed by atoms with Crippen molar-refractivity contribution in [3.8, 4) is 0 Å². The molecule has 178 valence electrons. The SMILES string of the molecule is CC1(C)O[C@@H](n2ccc(=O)[nH]c2=O)C(O[Si](C)(C)C(C)(C)C)C1O[Si](C)(C)C(C)(C)C. The molecule has 0 spiro atoms. The summed E-state index contributed by atoms with van der Waals surface area (Å²) in [6.45, 7) is 26.0. The van der Waals surface area contributed by atoms with Crippen LogP contribution < -0.4 is 11.2 Å². The molecule has 1 aliphatic rings. The lowest BCUT2D eigenvalue weighted by Crippen LogP contribution is -2.55. The fourth-order valence-electron chi connectivity index (χ4n) is 3.17. The molecular formula is C22H42N2O5Si2. The summed E-state index contributed by atoms with van der Waals surface area (Å²) in [6, 6.07) is 1.34. The summed E-state index contributed by atoms with van der Waals surface area (Å²) < 4.78 is 21.6. The number of aromatic amines is 1. The van der Waals surface area contributed by atoms with Gasteiger partial charge < -0.3 is 13.6 Å². The normalized spacial score (nSPS) is 25.1. The molecule has 0 amide bonds. The van der Waals surface area contributed by atoms with Crippen LogP contribution in [0.15, 0.2) is 21.9 Å². The molecule has 1 aliphatic heterocycles. The van der Waals surface area contributed by atoms with Gasteiger partial charge in [0.1, 0.15) is 12.2 Å². The highest BCUT2D eigenvalue weighted by Gasteiger charge is 2.57. The van der Waals surface area contributed by atoms with Crippen molar-refractivity contribution in [2.45, 2.75) is 116 Å². The number of nitrogens with one attached hydrogen (secondary N) is 1. The second-order valence-corrected chi connectivity index (χ2v) is 21.8. The topological polar surface area (TPSA) is 82.6 Å². The van der Waals surface area contributed by atoms with E-state index in [2.05, 4.69) is 72.7 Å². The van der Waals surface area contributed by atoms with Crippen molar-refractivity contribution in [1.29, 1.82) is 0 Å². The first-order chi connectivity index (χ1) is 13.7. The molecule has 0 radical (unpaired) electrons. The Morgan fingerprint density at radius 1 is 0.968 bits per heavy atom. The summed E-state index contributed by atoms with van der Waals surface area (Å²) in [5.41, 5.74) is -1.62. The lowest BCUT2D eigenvalue weighted by atomic mass is 10.0. The van der Waals surface area contributed by atoms with Crippen LogP contribution in [0.3, 0.4) is 0 Å². The fraction of sp³-hybridized carbons (Fsp3) is 0.818. The van der Waals surface area contributed by atoms with E-state index >= 15 is 0 Å². The molecule has 1 aromatic rings. The molecule has 0 aliphatic carbocycles. The van der Waals surface area contributed by atoms with Gasteiger partial charge in [-0.15, -0.1) is 0 Å². The molecule has 0 bridgehead atoms. The Kier molecular flexibility index (Phi) is 6.85. The van der Waals surface area contributed by atoms with E-state index in [4.69, 9.17) is 13.6 Å². The van der Waals surface area contributed by atoms with E-state index in [9.17, 15) is 9.59 Å². The van der Waals surface area contributed by atoms with E-state index in [-0.39, 0.29) is 16.2 Å². The minimum atomic E-state index is -2.23. The first-order valence-electron chi connectivity index (χ1n) is 11.0. The first kappa shape index (κ1) is 26.2. The van der Waals surface area contributed by atoms with Crippen LogP contribution in [0.1, 0.15) is 61.6 Å². The van der Waals surface area contributed by atoms with E-state index in [0.29, 0.717) is 0 Å². The number of hydrogen-bond acceptors (Lipinski definition) is 5. The van der Waals surface area contributed by atoms with Crippen molar-refractivity contribution in [1.82, 2.24) is 9.55 Å². The van der Waals surface area contributed by atoms with Gasteiger partial charge in [-0.3, -0.25) is 14.3 Å². The van der Waals surface area contributed by atoms with Crippen LogP contribution in [0.25, 0.3) is 0 Å². The van der Waals surface area contributed by atoms with Gasteiger partial charge in [0.2, 0.25) is 0 Å². The molecular weight excluding hydrogens is 428 g/mol. The van der Waals surface area contributed by atoms with Crippen LogP contribution in [0.2, 0.25) is 36.3 Å². The molecule has 2 unspecified atom stereocenters. The van der Waals surface area contributed by atoms with Crippen molar-refractivity contribution in [2.24, 2.45) is 0 Å². The first-order valence-corrected chi connectivity index (χ1v) is 16.9. The number of rotatable bonds is 5. The minimum Gasteiger partial charge on any atom is -0.408 e. The quantitative estimate of drug-likeness (QED) is 0.635. The standard InChI is InChI=1S/C22H42N2O5Si2/c1-20(2,3)30(9,10)28-16-17(29-31(11,12)21(4,5)6)22(7,8)27-18(16)24-14-13-15(25)23-19(24)26/h13-14,16-18H,1-12H3,(H,23,25,26)/t16?,17?,18-/m1/s1. The number of ether oxygens (including phenoxy) is 1. The van der Waals surface area contributed by atoms with E-state index in [0.717, 1.165) is 0 Å². The maximum atomic E-state index is 12.6. The predicted molar refractivity (Wildman–Crippen MR) is 130 cm³/mol. The van der Waals surface area contributed by atoms with Gasteiger partial charge in [0, 0.05) is 12.3 Å². The summed E-state index contributed by atoms with van der Waals surface area (Å²) >= 11 is 0. The highest BCUT2D eigenvalue weighted by molar-refractivity contribution is 6.74. The van der Waals surface area contributed by atoms with Crippen molar-refractivity contribution in [3.05, 3.63) is 33.1 Å². The molecule has 1 saturated heterocycles. The van der Waals surface area contributed by atoms with Crippen molar-refractivity contribution < 1.29 is 13.6 Å². The molecule has 0 aromatic carbocycles. The van der Waals surface area contributed by atoms with Crippen molar-refractivity contribution >= 4 is 16.6 Å². The second kappa shape index (κ2) is 8.09. The summed E-state index contributed by atoms with van der Waals surface area (Å²) in [6.07, 6.45) is -0.0401. The number of hydrogen-bond donors (Lipinski definition) is 1. The Bertz CT molecular complexity index is 906. The largest absolute Gasteiger partial charge is 0.408 e. The lowest BCUT2D eigenvalue weighted by Gasteiger charge is -2.45. The van der Waals surface area contributed by atoms with Gasteiger partial charge in [-0.1, -0.05) is 41.5 Å². The van der Waals surface area contributed by atoms with Crippen LogP contribution in [0.5, 0.6) is 0 Å². The molecule has 3 atom stereocenters. The van der Waals surface area contributed by atoms with Gasteiger partial charge in [-0.2, -0.15) is 0 Å². The second-order valence-electron chi connectivity index (χ2n) is 12.3. The average Bonchev–Trinajstić information content (AvgIpc) is 2.76. The third-order valence-corrected chi connectivity index (χ3v) is 16.2. The van der Waals surface area contributed by atoms with E-state index in [1.165, 1.54) is 16.8 Å². The van der Waals surface area contributed by atoms with Crippen LogP contribution in [-0.2, 0) is 13.6 Å². The molecule has 2 heterocycles. The summed E-state index contributed by atoms with van der Waals surface area (Å²) in [5, 5.41) is -0.0146. The van der Waals surface area contributed by atoms with E-state index in [1.54, 1.807) is 0 Å². The zero-order valence-corrected chi connectivity index (χ0v) is 23.4. The van der Waals surface area contributed by atoms with Gasteiger partial charge in [-0.05, 0) is 50.1 Å². The van der Waals surface area contributed by atoms with Crippen molar-refractivity contribution in [3.63, 3.8) is 0 Å². The third kappa shape index (κ3) is 5.32. The Hall–Kier alpha value is -1.01. The number of H-pyrrole nitrogens is 1. The molecule has 2 rings (SSSR count). The molecule has 1 aromatic heterocycles. The fourth-order valence-corrected chi connectivity index (χ4v) is 5.85. The third-order valence-electron chi connectivity index (χ3n) is 7.28. The maximum absolute atomic E-state index is 12.6. The Morgan fingerprint density at radius 3 is 1.90 bits per heavy atom. The van der Waals surface area contributed by atoms with Gasteiger partial charge in [0.25, 0.3) is 5.56 Å². The summed E-state index contributed by atoms with van der Waals surface area (Å²) in [5.74, 6) is 0. The highest BCUT2D eigenvalue weighted by atomic mass is 28.4. The van der Waals surface area contributed by atoms with Crippen molar-refractivity contribution in [2.75, 3.05) is 0 Å². The zero-order chi connectivity index (χ0) is 24.2. The number of aromatic nitrogens is 2. The van der Waals surface area contributed by atoms with Crippen LogP contribution >= 0.6 is 0 Å². The van der Waals surface area contributed by atoms with Crippen LogP contribution in [0.4, 0.5) is 0 Å². The highest BCUT2D eigenvalue weighted by Crippen LogP contribution is 2.48. The molecule has 7 nitrogen and oxygen atoms in total. The molecule has 1 fully saturated rings. The Balaban J connectivity index is 2.61. The van der Waals surface area contributed by atoms with Crippen LogP contribution in [0, 0.1) is 0 Å². The van der Waals surface area contributed by atoms with Gasteiger partial charge >= 0.3 is 5.69 Å². The predicted octanol–water partition coefficient (Wildman–Crippen LogP) is 4.62. The monoisotopic (exact) mass is 470 g/mol. The van der Waals surface area contributed by atoms with Crippen LogP contribution in [-0.4, -0.2) is 44.0 Å². The van der Waals surface area contributed by atoms with Gasteiger partial charge in [0.05, 0.1) is 5.60 Å². The maximum Gasteiger partial charge on any atom is 0.330 e. The molecule has 31 heavy (non-hydrogen) atoms.